The summed E-state index contributed by atoms with van der Waals surface area (Å²) in [6.45, 7) is 5.54. The minimum absolute atomic E-state index is 0.0187. The molecule has 0 aliphatic carbocycles. The Hall–Kier alpha value is -2.45. The molecule has 1 spiro atoms. The largest absolute Gasteiger partial charge is 0.395 e. The van der Waals surface area contributed by atoms with Gasteiger partial charge in [0.1, 0.15) is 11.6 Å². The Morgan fingerprint density at radius 1 is 1.23 bits per heavy atom. The van der Waals surface area contributed by atoms with Gasteiger partial charge in [0.15, 0.2) is 0 Å². The van der Waals surface area contributed by atoms with E-state index in [0.717, 1.165) is 11.1 Å². The lowest BCUT2D eigenvalue weighted by Gasteiger charge is -2.33. The SMILES string of the molecule is CC[C@@]12CCC3(O1)C(C(=O)Nc1c(C)cccc1C)N(CCO)C(=O)[C@@H]3[C@@H]2C(=O)NC. The molecule has 8 heteroatoms. The Balaban J connectivity index is 1.77. The number of carbonyl (C=O) groups is 3. The summed E-state index contributed by atoms with van der Waals surface area (Å²) in [4.78, 5) is 41.4. The van der Waals surface area contributed by atoms with Gasteiger partial charge in [-0.15, -0.1) is 0 Å². The summed E-state index contributed by atoms with van der Waals surface area (Å²) < 4.78 is 6.57. The number of likely N-dealkylation sites (tertiary alicyclic amines) is 1. The van der Waals surface area contributed by atoms with Gasteiger partial charge in [0.05, 0.1) is 24.0 Å². The Morgan fingerprint density at radius 2 is 1.90 bits per heavy atom. The fraction of sp³-hybridized carbons (Fsp3) is 0.609. The molecular weight excluding hydrogens is 398 g/mol. The fourth-order valence-corrected chi connectivity index (χ4v) is 6.12. The zero-order valence-corrected chi connectivity index (χ0v) is 18.5. The fourth-order valence-electron chi connectivity index (χ4n) is 6.12. The highest BCUT2D eigenvalue weighted by molar-refractivity contribution is 6.04. The topological polar surface area (TPSA) is 108 Å². The Kier molecular flexibility index (Phi) is 5.34. The summed E-state index contributed by atoms with van der Waals surface area (Å²) in [5.74, 6) is -2.25. The summed E-state index contributed by atoms with van der Waals surface area (Å²) in [6.07, 6.45) is 1.73. The normalized spacial score (nSPS) is 33.5. The Bertz CT molecular complexity index is 914. The van der Waals surface area contributed by atoms with Crippen LogP contribution in [-0.2, 0) is 19.1 Å². The van der Waals surface area contributed by atoms with Gasteiger partial charge in [-0.25, -0.2) is 0 Å². The van der Waals surface area contributed by atoms with E-state index in [0.29, 0.717) is 24.9 Å². The minimum Gasteiger partial charge on any atom is -0.395 e. The Morgan fingerprint density at radius 3 is 2.48 bits per heavy atom. The lowest BCUT2D eigenvalue weighted by atomic mass is 9.65. The second kappa shape index (κ2) is 7.60. The molecule has 3 aliphatic heterocycles. The molecule has 3 aliphatic rings. The Labute approximate surface area is 182 Å². The summed E-state index contributed by atoms with van der Waals surface area (Å²) in [7, 11) is 1.56. The number of anilines is 1. The van der Waals surface area contributed by atoms with Gasteiger partial charge in [-0.2, -0.15) is 0 Å². The number of benzene rings is 1. The van der Waals surface area contributed by atoms with Crippen molar-refractivity contribution in [2.24, 2.45) is 11.8 Å². The van der Waals surface area contributed by atoms with Crippen LogP contribution < -0.4 is 10.6 Å². The third-order valence-electron chi connectivity index (χ3n) is 7.53. The second-order valence-corrected chi connectivity index (χ2v) is 8.96. The molecule has 3 heterocycles. The summed E-state index contributed by atoms with van der Waals surface area (Å²) in [5.41, 5.74) is 0.739. The molecule has 0 aromatic heterocycles. The van der Waals surface area contributed by atoms with Crippen LogP contribution in [0, 0.1) is 25.7 Å². The van der Waals surface area contributed by atoms with Crippen LogP contribution in [0.1, 0.15) is 37.3 Å². The average Bonchev–Trinajstić information content (AvgIpc) is 3.35. The number of aliphatic hydroxyl groups is 1. The first-order valence-electron chi connectivity index (χ1n) is 11.0. The molecule has 5 atom stereocenters. The van der Waals surface area contributed by atoms with Crippen LogP contribution in [0.4, 0.5) is 5.69 Å². The van der Waals surface area contributed by atoms with E-state index in [4.69, 9.17) is 4.74 Å². The van der Waals surface area contributed by atoms with E-state index in [-0.39, 0.29) is 30.9 Å². The van der Waals surface area contributed by atoms with Gasteiger partial charge < -0.3 is 25.4 Å². The predicted octanol–water partition coefficient (Wildman–Crippen LogP) is 1.14. The molecule has 0 saturated carbocycles. The maximum Gasteiger partial charge on any atom is 0.250 e. The molecule has 3 N–H and O–H groups in total. The molecular formula is C23H31N3O5. The first-order chi connectivity index (χ1) is 14.8. The summed E-state index contributed by atoms with van der Waals surface area (Å²) in [6, 6.07) is 4.85. The van der Waals surface area contributed by atoms with Gasteiger partial charge in [0.2, 0.25) is 17.7 Å². The van der Waals surface area contributed by atoms with E-state index in [1.807, 2.05) is 39.0 Å². The molecule has 3 amide bonds. The molecule has 8 nitrogen and oxygen atoms in total. The van der Waals surface area contributed by atoms with Gasteiger partial charge in [0, 0.05) is 19.3 Å². The van der Waals surface area contributed by atoms with E-state index in [9.17, 15) is 19.5 Å². The highest BCUT2D eigenvalue weighted by atomic mass is 16.5. The molecule has 168 valence electrons. The van der Waals surface area contributed by atoms with Crippen molar-refractivity contribution < 1.29 is 24.2 Å². The molecule has 0 radical (unpaired) electrons. The lowest BCUT2D eigenvalue weighted by Crippen LogP contribution is -2.53. The second-order valence-electron chi connectivity index (χ2n) is 8.96. The van der Waals surface area contributed by atoms with Crippen molar-refractivity contribution >= 4 is 23.4 Å². The highest BCUT2D eigenvalue weighted by Gasteiger charge is 2.78. The average molecular weight is 430 g/mol. The first kappa shape index (κ1) is 21.8. The number of β-amino-alcohol motifs (C(OH)–C–C–N with tert-alkyl or cyclic N) is 1. The van der Waals surface area contributed by atoms with Crippen LogP contribution in [0.15, 0.2) is 18.2 Å². The van der Waals surface area contributed by atoms with Gasteiger partial charge in [-0.05, 0) is 44.2 Å². The number of amides is 3. The number of fused-ring (bicyclic) bond motifs is 1. The number of aryl methyl sites for hydroxylation is 2. The molecule has 31 heavy (non-hydrogen) atoms. The third kappa shape index (κ3) is 2.91. The van der Waals surface area contributed by atoms with Gasteiger partial charge in [0.25, 0.3) is 0 Å². The number of para-hydroxylation sites is 1. The van der Waals surface area contributed by atoms with E-state index in [1.54, 1.807) is 7.05 Å². The number of nitrogens with zero attached hydrogens (tertiary/aromatic N) is 1. The van der Waals surface area contributed by atoms with Crippen molar-refractivity contribution in [1.82, 2.24) is 10.2 Å². The van der Waals surface area contributed by atoms with Crippen LogP contribution in [0.5, 0.6) is 0 Å². The number of hydrogen-bond acceptors (Lipinski definition) is 5. The summed E-state index contributed by atoms with van der Waals surface area (Å²) >= 11 is 0. The molecule has 1 aromatic carbocycles. The third-order valence-corrected chi connectivity index (χ3v) is 7.53. The molecule has 3 fully saturated rings. The zero-order valence-electron chi connectivity index (χ0n) is 18.5. The number of ether oxygens (including phenoxy) is 1. The van der Waals surface area contributed by atoms with Crippen molar-refractivity contribution in [3.05, 3.63) is 29.3 Å². The van der Waals surface area contributed by atoms with Crippen molar-refractivity contribution in [1.29, 1.82) is 0 Å². The van der Waals surface area contributed by atoms with Gasteiger partial charge in [-0.3, -0.25) is 14.4 Å². The maximum atomic E-state index is 13.6. The number of rotatable bonds is 6. The molecule has 1 aromatic rings. The monoisotopic (exact) mass is 429 g/mol. The van der Waals surface area contributed by atoms with Crippen molar-refractivity contribution in [3.63, 3.8) is 0 Å². The number of aliphatic hydroxyl groups excluding tert-OH is 1. The van der Waals surface area contributed by atoms with E-state index >= 15 is 0 Å². The summed E-state index contributed by atoms with van der Waals surface area (Å²) in [5, 5.41) is 15.3. The van der Waals surface area contributed by atoms with E-state index in [1.165, 1.54) is 4.90 Å². The number of hydrogen-bond donors (Lipinski definition) is 3. The minimum atomic E-state index is -1.07. The predicted molar refractivity (Wildman–Crippen MR) is 114 cm³/mol. The molecule has 3 saturated heterocycles. The number of nitrogens with one attached hydrogen (secondary N) is 2. The van der Waals surface area contributed by atoms with Crippen molar-refractivity contribution in [2.45, 2.75) is 57.3 Å². The molecule has 2 bridgehead atoms. The van der Waals surface area contributed by atoms with Crippen LogP contribution in [0.2, 0.25) is 0 Å². The maximum absolute atomic E-state index is 13.6. The van der Waals surface area contributed by atoms with E-state index < -0.39 is 29.1 Å². The van der Waals surface area contributed by atoms with Crippen LogP contribution in [0.3, 0.4) is 0 Å². The smallest absolute Gasteiger partial charge is 0.250 e. The van der Waals surface area contributed by atoms with Gasteiger partial charge in [-0.1, -0.05) is 25.1 Å². The lowest BCUT2D eigenvalue weighted by molar-refractivity contribution is -0.146. The standard InChI is InChI=1S/C23H31N3O5/c1-5-22-9-10-23(31-22)16(15(22)19(28)24-4)21(30)26(11-12-27)18(23)20(29)25-17-13(2)7-6-8-14(17)3/h6-8,15-16,18,27H,5,9-12H2,1-4H3,(H,24,28)(H,25,29)/t15-,16+,18?,22+,23?/m1/s1. The highest BCUT2D eigenvalue weighted by Crippen LogP contribution is 2.64. The van der Waals surface area contributed by atoms with Crippen molar-refractivity contribution in [2.75, 3.05) is 25.5 Å². The van der Waals surface area contributed by atoms with Crippen LogP contribution >= 0.6 is 0 Å². The number of carbonyl (C=O) groups excluding carboxylic acids is 3. The van der Waals surface area contributed by atoms with Crippen LogP contribution in [-0.4, -0.2) is 65.2 Å². The first-order valence-corrected chi connectivity index (χ1v) is 11.0. The quantitative estimate of drug-likeness (QED) is 0.628. The van der Waals surface area contributed by atoms with Gasteiger partial charge >= 0.3 is 0 Å². The van der Waals surface area contributed by atoms with Crippen LogP contribution in [0.25, 0.3) is 0 Å². The molecule has 2 unspecified atom stereocenters. The van der Waals surface area contributed by atoms with Crippen molar-refractivity contribution in [3.8, 4) is 0 Å². The zero-order chi connectivity index (χ0) is 22.6. The van der Waals surface area contributed by atoms with E-state index in [2.05, 4.69) is 10.6 Å². The molecule has 4 rings (SSSR count).